The van der Waals surface area contributed by atoms with Crippen LogP contribution in [-0.2, 0) is 0 Å². The molecule has 1 heterocycles. The molecule has 17 heavy (non-hydrogen) atoms. The molecule has 1 atom stereocenters. The molecule has 1 saturated heterocycles. The van der Waals surface area contributed by atoms with Crippen LogP contribution in [0.5, 0.6) is 0 Å². The molecular formula is C15H22N2. The van der Waals surface area contributed by atoms with Gasteiger partial charge in [-0.25, -0.2) is 0 Å². The van der Waals surface area contributed by atoms with E-state index in [2.05, 4.69) is 41.3 Å². The molecule has 92 valence electrons. The minimum atomic E-state index is 0.703. The second kappa shape index (κ2) is 6.58. The van der Waals surface area contributed by atoms with Crippen LogP contribution < -0.4 is 5.73 Å². The van der Waals surface area contributed by atoms with E-state index in [1.54, 1.807) is 0 Å². The maximum Gasteiger partial charge on any atom is 0.0166 e. The molecule has 0 amide bonds. The fourth-order valence-corrected chi connectivity index (χ4v) is 2.41. The highest BCUT2D eigenvalue weighted by Gasteiger charge is 2.17. The van der Waals surface area contributed by atoms with Crippen LogP contribution in [0.1, 0.15) is 18.4 Å². The van der Waals surface area contributed by atoms with E-state index in [9.17, 15) is 0 Å². The molecule has 2 nitrogen and oxygen atoms in total. The van der Waals surface area contributed by atoms with Crippen LogP contribution >= 0.6 is 0 Å². The summed E-state index contributed by atoms with van der Waals surface area (Å²) in [5.74, 6) is 0.703. The Bertz CT molecular complexity index is 345. The maximum absolute atomic E-state index is 5.74. The van der Waals surface area contributed by atoms with E-state index in [0.717, 1.165) is 19.6 Å². The third-order valence-corrected chi connectivity index (χ3v) is 3.41. The van der Waals surface area contributed by atoms with Gasteiger partial charge < -0.3 is 5.73 Å². The lowest BCUT2D eigenvalue weighted by molar-refractivity contribution is 0.195. The molecule has 1 aliphatic heterocycles. The Labute approximate surface area is 104 Å². The van der Waals surface area contributed by atoms with Crippen molar-refractivity contribution in [3.8, 4) is 0 Å². The normalized spacial score (nSPS) is 22.1. The van der Waals surface area contributed by atoms with Crippen molar-refractivity contribution in [2.24, 2.45) is 11.7 Å². The van der Waals surface area contributed by atoms with Crippen LogP contribution in [-0.4, -0.2) is 31.1 Å². The Morgan fingerprint density at radius 2 is 2.12 bits per heavy atom. The van der Waals surface area contributed by atoms with Crippen LogP contribution in [0.2, 0.25) is 0 Å². The van der Waals surface area contributed by atoms with Gasteiger partial charge in [0.25, 0.3) is 0 Å². The number of hydrogen-bond donors (Lipinski definition) is 1. The summed E-state index contributed by atoms with van der Waals surface area (Å²) >= 11 is 0. The smallest absolute Gasteiger partial charge is 0.0166 e. The van der Waals surface area contributed by atoms with Crippen LogP contribution in [0.3, 0.4) is 0 Å². The van der Waals surface area contributed by atoms with Gasteiger partial charge >= 0.3 is 0 Å². The number of likely N-dealkylation sites (tertiary alicyclic amines) is 1. The van der Waals surface area contributed by atoms with E-state index in [-0.39, 0.29) is 0 Å². The minimum absolute atomic E-state index is 0.703. The van der Waals surface area contributed by atoms with Gasteiger partial charge in [0.05, 0.1) is 0 Å². The molecular weight excluding hydrogens is 208 g/mol. The number of nitrogens with two attached hydrogens (primary N) is 1. The van der Waals surface area contributed by atoms with Gasteiger partial charge in [0.1, 0.15) is 0 Å². The molecule has 0 bridgehead atoms. The first-order chi connectivity index (χ1) is 8.38. The standard InChI is InChI=1S/C15H22N2/c16-12-15-9-5-11-17(13-15)10-4-8-14-6-2-1-3-7-14/h1-4,6-8,15H,5,9-13,16H2/b8-4+/t15-/m1/s1. The molecule has 1 aliphatic rings. The second-order valence-electron chi connectivity index (χ2n) is 4.82. The molecule has 0 saturated carbocycles. The van der Waals surface area contributed by atoms with E-state index >= 15 is 0 Å². The molecule has 2 heteroatoms. The Morgan fingerprint density at radius 1 is 1.29 bits per heavy atom. The molecule has 0 radical (unpaired) electrons. The van der Waals surface area contributed by atoms with Crippen molar-refractivity contribution >= 4 is 6.08 Å². The molecule has 1 fully saturated rings. The van der Waals surface area contributed by atoms with Crippen molar-refractivity contribution < 1.29 is 0 Å². The molecule has 0 aliphatic carbocycles. The van der Waals surface area contributed by atoms with Crippen molar-refractivity contribution in [2.75, 3.05) is 26.2 Å². The molecule has 0 aromatic heterocycles. The summed E-state index contributed by atoms with van der Waals surface area (Å²) in [7, 11) is 0. The molecule has 1 aromatic rings. The predicted octanol–water partition coefficient (Wildman–Crippen LogP) is 2.37. The van der Waals surface area contributed by atoms with E-state index in [1.807, 2.05) is 6.07 Å². The van der Waals surface area contributed by atoms with E-state index in [4.69, 9.17) is 5.73 Å². The molecule has 2 N–H and O–H groups in total. The molecule has 0 spiro atoms. The Balaban J connectivity index is 1.80. The fraction of sp³-hybridized carbons (Fsp3) is 0.467. The fourth-order valence-electron chi connectivity index (χ4n) is 2.41. The first-order valence-electron chi connectivity index (χ1n) is 6.52. The van der Waals surface area contributed by atoms with E-state index in [1.165, 1.54) is 24.9 Å². The highest BCUT2D eigenvalue weighted by Crippen LogP contribution is 2.15. The quantitative estimate of drug-likeness (QED) is 0.860. The highest BCUT2D eigenvalue weighted by molar-refractivity contribution is 5.48. The van der Waals surface area contributed by atoms with Gasteiger partial charge in [0.2, 0.25) is 0 Å². The number of nitrogens with zero attached hydrogens (tertiary/aromatic N) is 1. The third kappa shape index (κ3) is 3.99. The molecule has 2 rings (SSSR count). The first-order valence-corrected chi connectivity index (χ1v) is 6.52. The number of rotatable bonds is 4. The van der Waals surface area contributed by atoms with Crippen molar-refractivity contribution in [1.29, 1.82) is 0 Å². The summed E-state index contributed by atoms with van der Waals surface area (Å²) in [4.78, 5) is 2.50. The number of hydrogen-bond acceptors (Lipinski definition) is 2. The van der Waals surface area contributed by atoms with Crippen molar-refractivity contribution in [1.82, 2.24) is 4.90 Å². The summed E-state index contributed by atoms with van der Waals surface area (Å²) in [5, 5.41) is 0. The van der Waals surface area contributed by atoms with Crippen LogP contribution in [0.15, 0.2) is 36.4 Å². The van der Waals surface area contributed by atoms with Crippen LogP contribution in [0.25, 0.3) is 6.08 Å². The number of benzene rings is 1. The summed E-state index contributed by atoms with van der Waals surface area (Å²) in [6.07, 6.45) is 7.05. The Kier molecular flexibility index (Phi) is 4.77. The van der Waals surface area contributed by atoms with Crippen molar-refractivity contribution in [2.45, 2.75) is 12.8 Å². The topological polar surface area (TPSA) is 29.3 Å². The lowest BCUT2D eigenvalue weighted by Crippen LogP contribution is -2.38. The lowest BCUT2D eigenvalue weighted by atomic mass is 9.98. The van der Waals surface area contributed by atoms with Gasteiger partial charge in [0.15, 0.2) is 0 Å². The average molecular weight is 230 g/mol. The molecule has 1 aromatic carbocycles. The summed E-state index contributed by atoms with van der Waals surface area (Å²) in [6, 6.07) is 10.5. The zero-order chi connectivity index (χ0) is 11.9. The highest BCUT2D eigenvalue weighted by atomic mass is 15.1. The van der Waals surface area contributed by atoms with Crippen LogP contribution in [0, 0.1) is 5.92 Å². The van der Waals surface area contributed by atoms with Gasteiger partial charge in [-0.15, -0.1) is 0 Å². The van der Waals surface area contributed by atoms with Gasteiger partial charge in [-0.2, -0.15) is 0 Å². The summed E-state index contributed by atoms with van der Waals surface area (Å²) in [6.45, 7) is 4.26. The lowest BCUT2D eigenvalue weighted by Gasteiger charge is -2.31. The van der Waals surface area contributed by atoms with Gasteiger partial charge in [-0.1, -0.05) is 42.5 Å². The predicted molar refractivity (Wildman–Crippen MR) is 73.7 cm³/mol. The zero-order valence-electron chi connectivity index (χ0n) is 10.4. The van der Waals surface area contributed by atoms with Gasteiger partial charge in [0, 0.05) is 13.1 Å². The van der Waals surface area contributed by atoms with Crippen LogP contribution in [0.4, 0.5) is 0 Å². The Morgan fingerprint density at radius 3 is 2.88 bits per heavy atom. The third-order valence-electron chi connectivity index (χ3n) is 3.41. The van der Waals surface area contributed by atoms with Gasteiger partial charge in [-0.3, -0.25) is 4.90 Å². The van der Waals surface area contributed by atoms with E-state index < -0.39 is 0 Å². The second-order valence-corrected chi connectivity index (χ2v) is 4.82. The summed E-state index contributed by atoms with van der Waals surface area (Å²) < 4.78 is 0. The first kappa shape index (κ1) is 12.3. The molecule has 0 unspecified atom stereocenters. The Hall–Kier alpha value is -1.12. The maximum atomic E-state index is 5.74. The van der Waals surface area contributed by atoms with Crippen molar-refractivity contribution in [3.63, 3.8) is 0 Å². The average Bonchev–Trinajstić information content (AvgIpc) is 2.40. The largest absolute Gasteiger partial charge is 0.330 e. The zero-order valence-corrected chi connectivity index (χ0v) is 10.4. The minimum Gasteiger partial charge on any atom is -0.330 e. The SMILES string of the molecule is NC[C@H]1CCCN(C/C=C/c2ccccc2)C1. The summed E-state index contributed by atoms with van der Waals surface area (Å²) in [5.41, 5.74) is 7.02. The monoisotopic (exact) mass is 230 g/mol. The van der Waals surface area contributed by atoms with Crippen molar-refractivity contribution in [3.05, 3.63) is 42.0 Å². The van der Waals surface area contributed by atoms with E-state index in [0.29, 0.717) is 5.92 Å². The van der Waals surface area contributed by atoms with Gasteiger partial charge in [-0.05, 0) is 37.4 Å². The number of piperidine rings is 1.